The first-order chi connectivity index (χ1) is 14.0. The van der Waals surface area contributed by atoms with Crippen LogP contribution in [0.1, 0.15) is 48.1 Å². The van der Waals surface area contributed by atoms with Crippen LogP contribution >= 0.6 is 23.8 Å². The zero-order valence-electron chi connectivity index (χ0n) is 16.7. The van der Waals surface area contributed by atoms with E-state index >= 15 is 0 Å². The van der Waals surface area contributed by atoms with E-state index < -0.39 is 5.97 Å². The van der Waals surface area contributed by atoms with Crippen LogP contribution in [0.15, 0.2) is 42.5 Å². The lowest BCUT2D eigenvalue weighted by molar-refractivity contribution is 0.0601. The lowest BCUT2D eigenvalue weighted by Crippen LogP contribution is -2.31. The van der Waals surface area contributed by atoms with Gasteiger partial charge < -0.3 is 20.3 Å². The van der Waals surface area contributed by atoms with E-state index in [9.17, 15) is 4.79 Å². The highest BCUT2D eigenvalue weighted by Gasteiger charge is 2.14. The Hall–Kier alpha value is -2.31. The second kappa shape index (κ2) is 9.94. The molecular formula is C22H26ClN3O2S. The van der Waals surface area contributed by atoms with Gasteiger partial charge in [0.15, 0.2) is 5.11 Å². The van der Waals surface area contributed by atoms with Gasteiger partial charge >= 0.3 is 5.97 Å². The number of hydrogen-bond acceptors (Lipinski definition) is 4. The van der Waals surface area contributed by atoms with Crippen molar-refractivity contribution in [2.45, 2.75) is 32.2 Å². The van der Waals surface area contributed by atoms with Gasteiger partial charge in [0.25, 0.3) is 0 Å². The Kier molecular flexibility index (Phi) is 7.34. The summed E-state index contributed by atoms with van der Waals surface area (Å²) >= 11 is 11.5. The Morgan fingerprint density at radius 3 is 2.48 bits per heavy atom. The first kappa shape index (κ1) is 21.4. The largest absolute Gasteiger partial charge is 0.465 e. The summed E-state index contributed by atoms with van der Waals surface area (Å²) in [6.45, 7) is 4.33. The Morgan fingerprint density at radius 2 is 1.83 bits per heavy atom. The van der Waals surface area contributed by atoms with Crippen LogP contribution in [0, 0.1) is 0 Å². The van der Waals surface area contributed by atoms with Crippen LogP contribution in [0.3, 0.4) is 0 Å². The zero-order chi connectivity index (χ0) is 20.8. The van der Waals surface area contributed by atoms with Crippen molar-refractivity contribution in [1.29, 1.82) is 0 Å². The van der Waals surface area contributed by atoms with Gasteiger partial charge in [-0.2, -0.15) is 0 Å². The molecule has 0 aliphatic carbocycles. The number of nitrogens with one attached hydrogen (secondary N) is 2. The molecule has 3 rings (SSSR count). The number of ether oxygens (including phenoxy) is 1. The van der Waals surface area contributed by atoms with E-state index in [0.29, 0.717) is 21.4 Å². The van der Waals surface area contributed by atoms with E-state index in [1.54, 1.807) is 18.2 Å². The smallest absolute Gasteiger partial charge is 0.339 e. The van der Waals surface area contributed by atoms with Crippen molar-refractivity contribution in [3.63, 3.8) is 0 Å². The first-order valence-corrected chi connectivity index (χ1v) is 10.6. The second-order valence-corrected chi connectivity index (χ2v) is 7.96. The minimum Gasteiger partial charge on any atom is -0.465 e. The fourth-order valence-electron chi connectivity index (χ4n) is 3.44. The molecule has 29 heavy (non-hydrogen) atoms. The maximum absolute atomic E-state index is 11.8. The van der Waals surface area contributed by atoms with Crippen LogP contribution in [0.25, 0.3) is 0 Å². The van der Waals surface area contributed by atoms with Gasteiger partial charge in [-0.05, 0) is 74.3 Å². The summed E-state index contributed by atoms with van der Waals surface area (Å²) in [6.07, 6.45) is 3.86. The van der Waals surface area contributed by atoms with Crippen LogP contribution in [0.2, 0.25) is 5.02 Å². The van der Waals surface area contributed by atoms with E-state index in [0.717, 1.165) is 18.7 Å². The van der Waals surface area contributed by atoms with Gasteiger partial charge in [-0.15, -0.1) is 0 Å². The number of nitrogens with zero attached hydrogens (tertiary/aromatic N) is 1. The second-order valence-electron chi connectivity index (χ2n) is 7.15. The molecule has 2 aromatic carbocycles. The molecule has 5 nitrogen and oxygen atoms in total. The van der Waals surface area contributed by atoms with Gasteiger partial charge in [0.2, 0.25) is 0 Å². The number of rotatable bonds is 5. The third-order valence-corrected chi connectivity index (χ3v) is 5.64. The Morgan fingerprint density at radius 1 is 1.14 bits per heavy atom. The lowest BCUT2D eigenvalue weighted by atomic mass is 10.1. The number of carbonyl (C=O) groups excluding carboxylic acids is 1. The first-order valence-electron chi connectivity index (χ1n) is 9.78. The number of anilines is 2. The van der Waals surface area contributed by atoms with Gasteiger partial charge in [-0.25, -0.2) is 4.79 Å². The molecule has 154 valence electrons. The molecule has 2 N–H and O–H groups in total. The third-order valence-electron chi connectivity index (χ3n) is 5.09. The van der Waals surface area contributed by atoms with Crippen molar-refractivity contribution in [1.82, 2.24) is 5.32 Å². The molecule has 0 amide bonds. The molecule has 1 heterocycles. The summed E-state index contributed by atoms with van der Waals surface area (Å²) < 4.78 is 4.75. The SMILES string of the molecule is COC(=O)c1cc(NC(=S)NC(C)c2ccc(N3CCCCC3)cc2)ccc1Cl. The van der Waals surface area contributed by atoms with E-state index in [1.807, 2.05) is 0 Å². The van der Waals surface area contributed by atoms with Gasteiger partial charge in [-0.3, -0.25) is 0 Å². The van der Waals surface area contributed by atoms with Crippen LogP contribution in [-0.2, 0) is 4.74 Å². The summed E-state index contributed by atoms with van der Waals surface area (Å²) in [5.41, 5.74) is 3.39. The molecule has 0 spiro atoms. The molecule has 1 aliphatic rings. The average Bonchev–Trinajstić information content (AvgIpc) is 2.75. The van der Waals surface area contributed by atoms with Gasteiger partial charge in [-0.1, -0.05) is 23.7 Å². The van der Waals surface area contributed by atoms with Gasteiger partial charge in [0, 0.05) is 24.5 Å². The molecule has 1 atom stereocenters. The maximum atomic E-state index is 11.8. The summed E-state index contributed by atoms with van der Waals surface area (Å²) in [7, 11) is 1.32. The summed E-state index contributed by atoms with van der Waals surface area (Å²) in [6, 6.07) is 13.7. The van der Waals surface area contributed by atoms with E-state index in [1.165, 1.54) is 32.1 Å². The summed E-state index contributed by atoms with van der Waals surface area (Å²) in [4.78, 5) is 14.2. The van der Waals surface area contributed by atoms with Crippen molar-refractivity contribution in [2.24, 2.45) is 0 Å². The molecule has 7 heteroatoms. The number of thiocarbonyl (C=S) groups is 1. The molecule has 0 radical (unpaired) electrons. The fourth-order valence-corrected chi connectivity index (χ4v) is 3.93. The van der Waals surface area contributed by atoms with Crippen LogP contribution < -0.4 is 15.5 Å². The third kappa shape index (κ3) is 5.61. The number of benzene rings is 2. The summed E-state index contributed by atoms with van der Waals surface area (Å²) in [5, 5.41) is 7.18. The molecule has 2 aromatic rings. The molecule has 1 saturated heterocycles. The maximum Gasteiger partial charge on any atom is 0.339 e. The Labute approximate surface area is 182 Å². The molecule has 0 saturated carbocycles. The monoisotopic (exact) mass is 431 g/mol. The normalized spacial score (nSPS) is 14.8. The average molecular weight is 432 g/mol. The quantitative estimate of drug-likeness (QED) is 0.503. The van der Waals surface area contributed by atoms with E-state index in [4.69, 9.17) is 28.6 Å². The van der Waals surface area contributed by atoms with Gasteiger partial charge in [0.1, 0.15) is 0 Å². The van der Waals surface area contributed by atoms with Crippen molar-refractivity contribution < 1.29 is 9.53 Å². The highest BCUT2D eigenvalue weighted by Crippen LogP contribution is 2.23. The number of hydrogen-bond donors (Lipinski definition) is 2. The zero-order valence-corrected chi connectivity index (χ0v) is 18.3. The minimum atomic E-state index is -0.486. The molecule has 1 unspecified atom stereocenters. The minimum absolute atomic E-state index is 0.0396. The molecule has 0 aromatic heterocycles. The van der Waals surface area contributed by atoms with Crippen LogP contribution in [-0.4, -0.2) is 31.3 Å². The highest BCUT2D eigenvalue weighted by molar-refractivity contribution is 7.80. The van der Waals surface area contributed by atoms with Crippen molar-refractivity contribution in [3.05, 3.63) is 58.6 Å². The lowest BCUT2D eigenvalue weighted by Gasteiger charge is -2.29. The Balaban J connectivity index is 1.59. The molecule has 1 aliphatic heterocycles. The predicted molar refractivity (Wildman–Crippen MR) is 123 cm³/mol. The molecule has 1 fully saturated rings. The van der Waals surface area contributed by atoms with Crippen molar-refractivity contribution >= 4 is 46.3 Å². The van der Waals surface area contributed by atoms with Crippen molar-refractivity contribution in [3.8, 4) is 0 Å². The van der Waals surface area contributed by atoms with Crippen LogP contribution in [0.4, 0.5) is 11.4 Å². The molecular weight excluding hydrogens is 406 g/mol. The van der Waals surface area contributed by atoms with E-state index in [2.05, 4.69) is 46.7 Å². The van der Waals surface area contributed by atoms with E-state index in [-0.39, 0.29) is 6.04 Å². The predicted octanol–water partition coefficient (Wildman–Crippen LogP) is 5.16. The topological polar surface area (TPSA) is 53.6 Å². The number of carbonyl (C=O) groups is 1. The van der Waals surface area contributed by atoms with Crippen molar-refractivity contribution in [2.75, 3.05) is 30.4 Å². The highest BCUT2D eigenvalue weighted by atomic mass is 35.5. The standard InChI is InChI=1S/C22H26ClN3O2S/c1-15(16-6-9-18(10-7-16)26-12-4-3-5-13-26)24-22(29)25-17-8-11-20(23)19(14-17)21(27)28-2/h6-11,14-15H,3-5,12-13H2,1-2H3,(H2,24,25,29). The summed E-state index contributed by atoms with van der Waals surface area (Å²) in [5.74, 6) is -0.486. The number of esters is 1. The number of methoxy groups -OCH3 is 1. The van der Waals surface area contributed by atoms with Crippen LogP contribution in [0.5, 0.6) is 0 Å². The van der Waals surface area contributed by atoms with Gasteiger partial charge in [0.05, 0.1) is 23.7 Å². The fraction of sp³-hybridized carbons (Fsp3) is 0.364. The number of piperidine rings is 1. The number of halogens is 1. The molecule has 0 bridgehead atoms. The Bertz CT molecular complexity index is 867.